The van der Waals surface area contributed by atoms with Crippen LogP contribution in [0.2, 0.25) is 0 Å². The highest BCUT2D eigenvalue weighted by Gasteiger charge is 2.35. The summed E-state index contributed by atoms with van der Waals surface area (Å²) in [6, 6.07) is 8.13. The molecule has 3 aromatic rings. The van der Waals surface area contributed by atoms with Crippen LogP contribution in [0.4, 0.5) is 0 Å². The second-order valence-electron chi connectivity index (χ2n) is 4.86. The Hall–Kier alpha value is -2.00. The van der Waals surface area contributed by atoms with E-state index in [-0.39, 0.29) is 11.4 Å². The van der Waals surface area contributed by atoms with Crippen molar-refractivity contribution >= 4 is 21.4 Å². The van der Waals surface area contributed by atoms with Gasteiger partial charge < -0.3 is 9.52 Å². The number of furan rings is 1. The Kier molecular flexibility index (Phi) is 4.31. The van der Waals surface area contributed by atoms with E-state index in [1.807, 2.05) is 5.38 Å². The van der Waals surface area contributed by atoms with Gasteiger partial charge in [-0.3, -0.25) is 4.98 Å². The number of aromatic nitrogens is 1. The molecule has 23 heavy (non-hydrogen) atoms. The molecule has 0 radical (unpaired) electrons. The van der Waals surface area contributed by atoms with E-state index in [4.69, 9.17) is 4.42 Å². The van der Waals surface area contributed by atoms with Crippen molar-refractivity contribution in [1.82, 2.24) is 9.71 Å². The van der Waals surface area contributed by atoms with Crippen molar-refractivity contribution in [1.29, 1.82) is 0 Å². The lowest BCUT2D eigenvalue weighted by Crippen LogP contribution is -2.40. The van der Waals surface area contributed by atoms with Gasteiger partial charge in [-0.05, 0) is 29.6 Å². The second-order valence-corrected chi connectivity index (χ2v) is 7.58. The molecule has 0 spiro atoms. The third-order valence-corrected chi connectivity index (χ3v) is 5.80. The van der Waals surface area contributed by atoms with Crippen molar-refractivity contribution in [3.05, 3.63) is 71.1 Å². The molecular weight excluding hydrogens is 336 g/mol. The van der Waals surface area contributed by atoms with E-state index >= 15 is 0 Å². The minimum absolute atomic E-state index is 0.0423. The Morgan fingerprint density at radius 2 is 2.17 bits per heavy atom. The molecule has 120 valence electrons. The predicted molar refractivity (Wildman–Crippen MR) is 85.5 cm³/mol. The summed E-state index contributed by atoms with van der Waals surface area (Å²) in [4.78, 5) is 4.46. The maximum Gasteiger partial charge on any atom is 0.242 e. The van der Waals surface area contributed by atoms with Crippen molar-refractivity contribution < 1.29 is 17.9 Å². The van der Waals surface area contributed by atoms with Crippen LogP contribution in [0.3, 0.4) is 0 Å². The summed E-state index contributed by atoms with van der Waals surface area (Å²) in [6.07, 6.45) is 5.58. The van der Waals surface area contributed by atoms with Crippen molar-refractivity contribution in [2.75, 3.05) is 6.54 Å². The predicted octanol–water partition coefficient (Wildman–Crippen LogP) is 1.95. The molecule has 0 fully saturated rings. The first-order valence-electron chi connectivity index (χ1n) is 6.71. The molecule has 1 atom stereocenters. The number of hydrogen-bond acceptors (Lipinski definition) is 6. The van der Waals surface area contributed by atoms with Crippen LogP contribution in [0.15, 0.2) is 69.9 Å². The van der Waals surface area contributed by atoms with Crippen molar-refractivity contribution in [3.8, 4) is 0 Å². The number of nitrogens with one attached hydrogen (secondary N) is 1. The fourth-order valence-electron chi connectivity index (χ4n) is 2.13. The van der Waals surface area contributed by atoms with Gasteiger partial charge in [0.2, 0.25) is 10.0 Å². The molecule has 8 heteroatoms. The quantitative estimate of drug-likeness (QED) is 0.709. The highest BCUT2D eigenvalue weighted by molar-refractivity contribution is 7.89. The topological polar surface area (TPSA) is 92.4 Å². The molecule has 3 heterocycles. The van der Waals surface area contributed by atoms with Crippen LogP contribution < -0.4 is 4.72 Å². The highest BCUT2D eigenvalue weighted by Crippen LogP contribution is 2.33. The summed E-state index contributed by atoms with van der Waals surface area (Å²) >= 11 is 1.34. The van der Waals surface area contributed by atoms with Crippen molar-refractivity contribution in [3.63, 3.8) is 0 Å². The van der Waals surface area contributed by atoms with E-state index < -0.39 is 15.6 Å². The molecule has 0 amide bonds. The third kappa shape index (κ3) is 3.20. The first kappa shape index (κ1) is 15.9. The van der Waals surface area contributed by atoms with Gasteiger partial charge in [-0.1, -0.05) is 6.07 Å². The number of nitrogens with zero attached hydrogens (tertiary/aromatic N) is 1. The molecule has 0 aliphatic heterocycles. The molecule has 0 aromatic carbocycles. The Morgan fingerprint density at radius 1 is 1.30 bits per heavy atom. The number of rotatable bonds is 6. The SMILES string of the molecule is O=S(=O)(NCC(O)(c1ccoc1)c1cccs1)c1cccnc1. The van der Waals surface area contributed by atoms with E-state index in [9.17, 15) is 13.5 Å². The molecule has 1 unspecified atom stereocenters. The molecule has 0 bridgehead atoms. The van der Waals surface area contributed by atoms with Gasteiger partial charge in [0, 0.05) is 29.4 Å². The molecule has 2 N–H and O–H groups in total. The zero-order chi connectivity index (χ0) is 16.3. The third-order valence-electron chi connectivity index (χ3n) is 3.39. The van der Waals surface area contributed by atoms with Crippen molar-refractivity contribution in [2.45, 2.75) is 10.5 Å². The lowest BCUT2D eigenvalue weighted by molar-refractivity contribution is 0.0892. The Morgan fingerprint density at radius 3 is 2.78 bits per heavy atom. The summed E-state index contributed by atoms with van der Waals surface area (Å²) in [5.41, 5.74) is -1.02. The first-order chi connectivity index (χ1) is 11.0. The van der Waals surface area contributed by atoms with Crippen LogP contribution in [0.25, 0.3) is 0 Å². The second kappa shape index (κ2) is 6.25. The largest absolute Gasteiger partial charge is 0.472 e. The molecule has 0 aliphatic carbocycles. The maximum atomic E-state index is 12.3. The molecule has 3 aromatic heterocycles. The van der Waals surface area contributed by atoms with E-state index in [1.54, 1.807) is 18.2 Å². The number of thiophene rings is 1. The zero-order valence-corrected chi connectivity index (χ0v) is 13.5. The minimum Gasteiger partial charge on any atom is -0.472 e. The summed E-state index contributed by atoms with van der Waals surface area (Å²) in [5.74, 6) is 0. The molecule has 0 saturated carbocycles. The van der Waals surface area contributed by atoms with Gasteiger partial charge in [-0.2, -0.15) is 0 Å². The zero-order valence-electron chi connectivity index (χ0n) is 11.9. The van der Waals surface area contributed by atoms with Crippen LogP contribution in [0, 0.1) is 0 Å². The highest BCUT2D eigenvalue weighted by atomic mass is 32.2. The van der Waals surface area contributed by atoms with Crippen LogP contribution in [0.1, 0.15) is 10.4 Å². The number of pyridine rings is 1. The van der Waals surface area contributed by atoms with E-state index in [0.717, 1.165) is 0 Å². The Labute approximate surface area is 137 Å². The van der Waals surface area contributed by atoms with Gasteiger partial charge >= 0.3 is 0 Å². The molecular formula is C15H14N2O4S2. The normalized spacial score (nSPS) is 14.5. The Bertz CT molecular complexity index is 810. The number of hydrogen-bond donors (Lipinski definition) is 2. The molecule has 0 saturated heterocycles. The maximum absolute atomic E-state index is 12.3. The molecule has 6 nitrogen and oxygen atoms in total. The van der Waals surface area contributed by atoms with Crippen LogP contribution in [-0.2, 0) is 15.6 Å². The van der Waals surface area contributed by atoms with Crippen LogP contribution in [-0.4, -0.2) is 25.1 Å². The first-order valence-corrected chi connectivity index (χ1v) is 9.07. The van der Waals surface area contributed by atoms with E-state index in [1.165, 1.54) is 48.4 Å². The van der Waals surface area contributed by atoms with Gasteiger partial charge in [-0.15, -0.1) is 11.3 Å². The average Bonchev–Trinajstić information content (AvgIpc) is 3.27. The lowest BCUT2D eigenvalue weighted by atomic mass is 9.95. The fraction of sp³-hybridized carbons (Fsp3) is 0.133. The standard InChI is InChI=1S/C15H14N2O4S2/c18-15(12-5-7-21-10-12,14-4-2-8-22-14)11-17-23(19,20)13-3-1-6-16-9-13/h1-10,17-18H,11H2. The van der Waals surface area contributed by atoms with Crippen LogP contribution in [0.5, 0.6) is 0 Å². The summed E-state index contributed by atoms with van der Waals surface area (Å²) in [5, 5.41) is 12.9. The summed E-state index contributed by atoms with van der Waals surface area (Å²) in [7, 11) is -3.77. The van der Waals surface area contributed by atoms with Gasteiger partial charge in [0.25, 0.3) is 0 Å². The van der Waals surface area contributed by atoms with Gasteiger partial charge in [-0.25, -0.2) is 13.1 Å². The summed E-state index contributed by atoms with van der Waals surface area (Å²) in [6.45, 7) is -0.218. The number of sulfonamides is 1. The average molecular weight is 350 g/mol. The number of aliphatic hydroxyl groups is 1. The van der Waals surface area contributed by atoms with E-state index in [0.29, 0.717) is 10.4 Å². The van der Waals surface area contributed by atoms with Gasteiger partial charge in [0.1, 0.15) is 10.5 Å². The fourth-order valence-corrected chi connectivity index (χ4v) is 4.00. The van der Waals surface area contributed by atoms with Gasteiger partial charge in [0.05, 0.1) is 12.5 Å². The summed E-state index contributed by atoms with van der Waals surface area (Å²) < 4.78 is 32.1. The molecule has 3 rings (SSSR count). The monoisotopic (exact) mass is 350 g/mol. The smallest absolute Gasteiger partial charge is 0.242 e. The lowest BCUT2D eigenvalue weighted by Gasteiger charge is -2.26. The van der Waals surface area contributed by atoms with E-state index in [2.05, 4.69) is 9.71 Å². The van der Waals surface area contributed by atoms with Crippen molar-refractivity contribution in [2.24, 2.45) is 0 Å². The Balaban J connectivity index is 1.89. The molecule has 0 aliphatic rings. The minimum atomic E-state index is -3.77. The van der Waals surface area contributed by atoms with Crippen LogP contribution >= 0.6 is 11.3 Å². The van der Waals surface area contributed by atoms with Gasteiger partial charge in [0.15, 0.2) is 0 Å².